The van der Waals surface area contributed by atoms with E-state index in [1.54, 1.807) is 7.05 Å². The van der Waals surface area contributed by atoms with Crippen LogP contribution in [0.1, 0.15) is 17.4 Å². The molecule has 1 rings (SSSR count). The van der Waals surface area contributed by atoms with Gasteiger partial charge in [-0.15, -0.1) is 0 Å². The van der Waals surface area contributed by atoms with Gasteiger partial charge in [0, 0.05) is 13.6 Å². The Labute approximate surface area is 92.1 Å². The van der Waals surface area contributed by atoms with E-state index in [1.165, 1.54) is 4.90 Å². The first-order valence-electron chi connectivity index (χ1n) is 4.71. The quantitative estimate of drug-likeness (QED) is 0.749. The van der Waals surface area contributed by atoms with E-state index in [9.17, 15) is 9.59 Å². The summed E-state index contributed by atoms with van der Waals surface area (Å²) in [5, 5.41) is 11.2. The van der Waals surface area contributed by atoms with Crippen LogP contribution in [0.15, 0.2) is 10.7 Å². The molecular weight excluding hydrogens is 214 g/mol. The lowest BCUT2D eigenvalue weighted by Gasteiger charge is -2.13. The average Bonchev–Trinajstić information content (AvgIpc) is 2.73. The van der Waals surface area contributed by atoms with Crippen molar-refractivity contribution in [3.05, 3.63) is 12.0 Å². The van der Waals surface area contributed by atoms with Gasteiger partial charge in [-0.25, -0.2) is 4.79 Å². The second-order valence-corrected chi connectivity index (χ2v) is 3.10. The Balaban J connectivity index is 2.48. The third kappa shape index (κ3) is 2.97. The van der Waals surface area contributed by atoms with Gasteiger partial charge in [-0.05, 0) is 6.92 Å². The first-order valence-corrected chi connectivity index (χ1v) is 4.71. The molecule has 88 valence electrons. The van der Waals surface area contributed by atoms with E-state index in [0.29, 0.717) is 6.54 Å². The number of aromatic carboxylic acids is 1. The normalized spacial score (nSPS) is 9.88. The lowest BCUT2D eigenvalue weighted by Crippen LogP contribution is -2.31. The van der Waals surface area contributed by atoms with Crippen LogP contribution in [0.5, 0.6) is 0 Å². The van der Waals surface area contributed by atoms with Crippen LogP contribution in [-0.4, -0.2) is 47.0 Å². The molecule has 0 saturated heterocycles. The standard InChI is InChI=1S/C9H13N3O4/c1-3-12(2)7(13)4-10-9-11-6(5-16-9)8(14)15/h5H,3-4H2,1-2H3,(H,10,11)(H,14,15). The number of carboxylic acids is 1. The van der Waals surface area contributed by atoms with Crippen LogP contribution in [0.25, 0.3) is 0 Å². The fourth-order valence-electron chi connectivity index (χ4n) is 0.916. The van der Waals surface area contributed by atoms with E-state index in [0.717, 1.165) is 6.26 Å². The summed E-state index contributed by atoms with van der Waals surface area (Å²) in [5.41, 5.74) is -0.196. The zero-order valence-electron chi connectivity index (χ0n) is 9.06. The molecule has 0 aliphatic carbocycles. The van der Waals surface area contributed by atoms with Gasteiger partial charge in [-0.1, -0.05) is 0 Å². The average molecular weight is 227 g/mol. The number of aromatic nitrogens is 1. The van der Waals surface area contributed by atoms with E-state index in [1.807, 2.05) is 6.92 Å². The van der Waals surface area contributed by atoms with E-state index in [2.05, 4.69) is 10.3 Å². The van der Waals surface area contributed by atoms with Gasteiger partial charge in [-0.3, -0.25) is 4.79 Å². The van der Waals surface area contributed by atoms with E-state index >= 15 is 0 Å². The second-order valence-electron chi connectivity index (χ2n) is 3.10. The summed E-state index contributed by atoms with van der Waals surface area (Å²) < 4.78 is 4.82. The molecular formula is C9H13N3O4. The van der Waals surface area contributed by atoms with Crippen LogP contribution in [0, 0.1) is 0 Å². The van der Waals surface area contributed by atoms with Gasteiger partial charge in [0.05, 0.1) is 6.54 Å². The Bertz CT molecular complexity index is 388. The lowest BCUT2D eigenvalue weighted by atomic mass is 10.5. The molecule has 7 nitrogen and oxygen atoms in total. The fourth-order valence-corrected chi connectivity index (χ4v) is 0.916. The van der Waals surface area contributed by atoms with E-state index in [-0.39, 0.29) is 24.2 Å². The zero-order valence-corrected chi connectivity index (χ0v) is 9.06. The van der Waals surface area contributed by atoms with Gasteiger partial charge in [0.25, 0.3) is 6.01 Å². The Kier molecular flexibility index (Phi) is 3.87. The summed E-state index contributed by atoms with van der Waals surface area (Å²) in [4.78, 5) is 27.0. The molecule has 2 N–H and O–H groups in total. The van der Waals surface area contributed by atoms with Crippen LogP contribution >= 0.6 is 0 Å². The van der Waals surface area contributed by atoms with Crippen LogP contribution in [-0.2, 0) is 4.79 Å². The number of likely N-dealkylation sites (N-methyl/N-ethyl adjacent to an activating group) is 1. The molecule has 1 aromatic rings. The van der Waals surface area contributed by atoms with Gasteiger partial charge >= 0.3 is 5.97 Å². The number of carboxylic acid groups (broad SMARTS) is 1. The number of hydrogen-bond acceptors (Lipinski definition) is 5. The molecule has 0 bridgehead atoms. The predicted molar refractivity (Wildman–Crippen MR) is 55.3 cm³/mol. The Morgan fingerprint density at radius 3 is 2.81 bits per heavy atom. The number of rotatable bonds is 5. The van der Waals surface area contributed by atoms with Crippen LogP contribution in [0.3, 0.4) is 0 Å². The van der Waals surface area contributed by atoms with Gasteiger partial charge in [0.1, 0.15) is 6.26 Å². The molecule has 0 aromatic carbocycles. The third-order valence-corrected chi connectivity index (χ3v) is 2.01. The van der Waals surface area contributed by atoms with Gasteiger partial charge in [0.2, 0.25) is 5.91 Å². The summed E-state index contributed by atoms with van der Waals surface area (Å²) in [6, 6.07) is 0.0234. The molecule has 0 aliphatic heterocycles. The number of oxazole rings is 1. The van der Waals surface area contributed by atoms with Crippen LogP contribution in [0.4, 0.5) is 6.01 Å². The van der Waals surface area contributed by atoms with Crippen molar-refractivity contribution in [2.45, 2.75) is 6.92 Å². The summed E-state index contributed by atoms with van der Waals surface area (Å²) >= 11 is 0. The number of carbonyl (C=O) groups is 2. The maximum Gasteiger partial charge on any atom is 0.357 e. The SMILES string of the molecule is CCN(C)C(=O)CNc1nc(C(=O)O)co1. The summed E-state index contributed by atoms with van der Waals surface area (Å²) in [5.74, 6) is -1.30. The molecule has 0 atom stereocenters. The highest BCUT2D eigenvalue weighted by atomic mass is 16.4. The van der Waals surface area contributed by atoms with Crippen LogP contribution in [0.2, 0.25) is 0 Å². The molecule has 1 heterocycles. The van der Waals surface area contributed by atoms with E-state index < -0.39 is 5.97 Å². The molecule has 0 saturated carbocycles. The fraction of sp³-hybridized carbons (Fsp3) is 0.444. The van der Waals surface area contributed by atoms with Crippen molar-refractivity contribution >= 4 is 17.9 Å². The Morgan fingerprint density at radius 2 is 2.31 bits per heavy atom. The molecule has 1 aromatic heterocycles. The molecule has 7 heteroatoms. The Morgan fingerprint density at radius 1 is 1.62 bits per heavy atom. The molecule has 0 fully saturated rings. The van der Waals surface area contributed by atoms with Crippen molar-refractivity contribution < 1.29 is 19.1 Å². The summed E-state index contributed by atoms with van der Waals surface area (Å²) in [6.45, 7) is 2.47. The lowest BCUT2D eigenvalue weighted by molar-refractivity contribution is -0.127. The summed E-state index contributed by atoms with van der Waals surface area (Å²) in [7, 11) is 1.67. The minimum absolute atomic E-state index is 0.0178. The number of nitrogens with zero attached hydrogens (tertiary/aromatic N) is 2. The molecule has 1 amide bonds. The minimum atomic E-state index is -1.17. The maximum absolute atomic E-state index is 11.4. The van der Waals surface area contributed by atoms with Crippen molar-refractivity contribution in [1.82, 2.24) is 9.88 Å². The number of nitrogens with one attached hydrogen (secondary N) is 1. The number of hydrogen-bond donors (Lipinski definition) is 2. The van der Waals surface area contributed by atoms with Crippen molar-refractivity contribution in [2.75, 3.05) is 25.5 Å². The first-order chi connectivity index (χ1) is 7.54. The van der Waals surface area contributed by atoms with Crippen LogP contribution < -0.4 is 5.32 Å². The van der Waals surface area contributed by atoms with Crippen molar-refractivity contribution in [3.8, 4) is 0 Å². The summed E-state index contributed by atoms with van der Waals surface area (Å²) in [6.07, 6.45) is 1.01. The predicted octanol–water partition coefficient (Wildman–Crippen LogP) is 0.263. The molecule has 0 radical (unpaired) electrons. The first kappa shape index (κ1) is 12.0. The van der Waals surface area contributed by atoms with Crippen molar-refractivity contribution in [1.29, 1.82) is 0 Å². The number of amides is 1. The van der Waals surface area contributed by atoms with Gasteiger partial charge < -0.3 is 19.7 Å². The second kappa shape index (κ2) is 5.15. The number of anilines is 1. The highest BCUT2D eigenvalue weighted by Crippen LogP contribution is 2.06. The van der Waals surface area contributed by atoms with E-state index in [4.69, 9.17) is 9.52 Å². The van der Waals surface area contributed by atoms with Gasteiger partial charge in [-0.2, -0.15) is 4.98 Å². The topological polar surface area (TPSA) is 95.7 Å². The molecule has 16 heavy (non-hydrogen) atoms. The zero-order chi connectivity index (χ0) is 12.1. The molecule has 0 unspecified atom stereocenters. The number of carbonyl (C=O) groups excluding carboxylic acids is 1. The highest BCUT2D eigenvalue weighted by molar-refractivity contribution is 5.85. The molecule has 0 spiro atoms. The third-order valence-electron chi connectivity index (χ3n) is 2.01. The largest absolute Gasteiger partial charge is 0.476 e. The van der Waals surface area contributed by atoms with Gasteiger partial charge in [0.15, 0.2) is 5.69 Å². The van der Waals surface area contributed by atoms with Crippen molar-refractivity contribution in [2.24, 2.45) is 0 Å². The Hall–Kier alpha value is -2.05. The maximum atomic E-state index is 11.4. The smallest absolute Gasteiger partial charge is 0.357 e. The van der Waals surface area contributed by atoms with Crippen molar-refractivity contribution in [3.63, 3.8) is 0 Å². The highest BCUT2D eigenvalue weighted by Gasteiger charge is 2.12. The minimum Gasteiger partial charge on any atom is -0.476 e. The molecule has 0 aliphatic rings. The monoisotopic (exact) mass is 227 g/mol.